The molecule has 0 aliphatic carbocycles. The highest BCUT2D eigenvalue weighted by Crippen LogP contribution is 2.20. The van der Waals surface area contributed by atoms with Crippen LogP contribution in [0.25, 0.3) is 0 Å². The number of rotatable bonds is 6. The number of benzene rings is 1. The number of aryl methyl sites for hydroxylation is 1. The van der Waals surface area contributed by atoms with E-state index in [-0.39, 0.29) is 11.2 Å². The average molecular weight is 305 g/mol. The molecule has 1 aromatic heterocycles. The van der Waals surface area contributed by atoms with Crippen molar-refractivity contribution >= 4 is 17.7 Å². The fourth-order valence-corrected chi connectivity index (χ4v) is 2.61. The summed E-state index contributed by atoms with van der Waals surface area (Å²) in [6.45, 7) is 2.39. The first-order valence-corrected chi connectivity index (χ1v) is 7.52. The molecule has 0 saturated carbocycles. The third-order valence-corrected chi connectivity index (χ3v) is 4.23. The molecule has 1 aromatic carbocycles. The fraction of sp³-hybridized carbons (Fsp3) is 0.333. The Bertz CT molecular complexity index is 595. The Morgan fingerprint density at radius 2 is 2.14 bits per heavy atom. The Balaban J connectivity index is 1.84. The number of hydrogen-bond acceptors (Lipinski definition) is 4. The van der Waals surface area contributed by atoms with E-state index in [1.54, 1.807) is 13.3 Å². The first-order valence-electron chi connectivity index (χ1n) is 6.64. The summed E-state index contributed by atoms with van der Waals surface area (Å²) in [4.78, 5) is 16.3. The Morgan fingerprint density at radius 1 is 1.43 bits per heavy atom. The summed E-state index contributed by atoms with van der Waals surface area (Å²) < 4.78 is 7.00. The van der Waals surface area contributed by atoms with Crippen LogP contribution in [0.15, 0.2) is 41.8 Å². The number of imidazole rings is 1. The zero-order chi connectivity index (χ0) is 15.2. The number of methoxy groups -OCH3 is 1. The van der Waals surface area contributed by atoms with Gasteiger partial charge in [-0.1, -0.05) is 23.9 Å². The van der Waals surface area contributed by atoms with Gasteiger partial charge in [-0.3, -0.25) is 4.79 Å². The van der Waals surface area contributed by atoms with E-state index in [4.69, 9.17) is 4.74 Å². The normalized spacial score (nSPS) is 12.0. The zero-order valence-corrected chi connectivity index (χ0v) is 13.2. The van der Waals surface area contributed by atoms with Crippen LogP contribution in [0.3, 0.4) is 0 Å². The lowest BCUT2D eigenvalue weighted by Gasteiger charge is -2.12. The quantitative estimate of drug-likeness (QED) is 0.832. The smallest absolute Gasteiger partial charge is 0.233 e. The van der Waals surface area contributed by atoms with Crippen LogP contribution < -0.4 is 10.1 Å². The minimum absolute atomic E-state index is 0.00109. The number of nitrogens with zero attached hydrogens (tertiary/aromatic N) is 2. The Kier molecular flexibility index (Phi) is 5.27. The van der Waals surface area contributed by atoms with Crippen molar-refractivity contribution in [3.05, 3.63) is 42.2 Å². The van der Waals surface area contributed by atoms with Gasteiger partial charge in [-0.15, -0.1) is 0 Å². The second-order valence-electron chi connectivity index (χ2n) is 4.65. The minimum atomic E-state index is -0.190. The Hall–Kier alpha value is -1.95. The molecular formula is C15H19N3O2S. The van der Waals surface area contributed by atoms with Gasteiger partial charge in [0.15, 0.2) is 5.16 Å². The number of thioether (sulfide) groups is 1. The molecule has 0 bridgehead atoms. The van der Waals surface area contributed by atoms with Crippen LogP contribution >= 0.6 is 11.8 Å². The van der Waals surface area contributed by atoms with Crippen molar-refractivity contribution < 1.29 is 9.53 Å². The van der Waals surface area contributed by atoms with E-state index in [0.29, 0.717) is 6.54 Å². The first kappa shape index (κ1) is 15.4. The molecule has 0 radical (unpaired) electrons. The highest BCUT2D eigenvalue weighted by Gasteiger charge is 2.16. The third-order valence-electron chi connectivity index (χ3n) is 3.05. The summed E-state index contributed by atoms with van der Waals surface area (Å²) in [6.07, 6.45) is 3.59. The van der Waals surface area contributed by atoms with Crippen molar-refractivity contribution in [2.75, 3.05) is 7.11 Å². The summed E-state index contributed by atoms with van der Waals surface area (Å²) in [6, 6.07) is 7.65. The second-order valence-corrected chi connectivity index (χ2v) is 5.95. The molecule has 0 saturated heterocycles. The van der Waals surface area contributed by atoms with Crippen molar-refractivity contribution in [2.24, 2.45) is 7.05 Å². The fourth-order valence-electron chi connectivity index (χ4n) is 1.75. The van der Waals surface area contributed by atoms with E-state index in [2.05, 4.69) is 10.3 Å². The van der Waals surface area contributed by atoms with Crippen LogP contribution in [0, 0.1) is 0 Å². The molecule has 21 heavy (non-hydrogen) atoms. The van der Waals surface area contributed by atoms with Gasteiger partial charge in [-0.05, 0) is 24.6 Å². The van der Waals surface area contributed by atoms with Gasteiger partial charge in [0.2, 0.25) is 5.91 Å². The van der Waals surface area contributed by atoms with Crippen molar-refractivity contribution in [3.63, 3.8) is 0 Å². The predicted molar refractivity (Wildman–Crippen MR) is 83.4 cm³/mol. The van der Waals surface area contributed by atoms with Gasteiger partial charge in [0, 0.05) is 26.0 Å². The van der Waals surface area contributed by atoms with Gasteiger partial charge in [-0.2, -0.15) is 0 Å². The van der Waals surface area contributed by atoms with Crippen LogP contribution in [0.5, 0.6) is 5.75 Å². The third kappa shape index (κ3) is 4.26. The molecule has 1 atom stereocenters. The van der Waals surface area contributed by atoms with E-state index in [1.165, 1.54) is 11.8 Å². The molecule has 112 valence electrons. The van der Waals surface area contributed by atoms with Crippen molar-refractivity contribution in [2.45, 2.75) is 23.9 Å². The van der Waals surface area contributed by atoms with Gasteiger partial charge in [-0.25, -0.2) is 4.98 Å². The summed E-state index contributed by atoms with van der Waals surface area (Å²) in [5, 5.41) is 3.58. The standard InChI is InChI=1S/C15H19N3O2S/c1-11(21-15-16-8-9-18(15)2)14(19)17-10-12-4-6-13(20-3)7-5-12/h4-9,11H,10H2,1-3H3,(H,17,19)/t11-/m1/s1. The van der Waals surface area contributed by atoms with Crippen molar-refractivity contribution in [1.82, 2.24) is 14.9 Å². The average Bonchev–Trinajstić information content (AvgIpc) is 2.90. The van der Waals surface area contributed by atoms with Gasteiger partial charge in [0.25, 0.3) is 0 Å². The molecule has 0 unspecified atom stereocenters. The second kappa shape index (κ2) is 7.17. The lowest BCUT2D eigenvalue weighted by atomic mass is 10.2. The molecule has 1 N–H and O–H groups in total. The molecule has 1 amide bonds. The van der Waals surface area contributed by atoms with Crippen LogP contribution in [0.4, 0.5) is 0 Å². The van der Waals surface area contributed by atoms with Gasteiger partial charge in [0.1, 0.15) is 5.75 Å². The maximum Gasteiger partial charge on any atom is 0.233 e. The Morgan fingerprint density at radius 3 is 2.71 bits per heavy atom. The van der Waals surface area contributed by atoms with E-state index < -0.39 is 0 Å². The molecule has 0 spiro atoms. The van der Waals surface area contributed by atoms with Crippen LogP contribution in [0.1, 0.15) is 12.5 Å². The topological polar surface area (TPSA) is 56.1 Å². The number of hydrogen-bond donors (Lipinski definition) is 1. The molecule has 0 aliphatic heterocycles. The monoisotopic (exact) mass is 305 g/mol. The van der Waals surface area contributed by atoms with Crippen LogP contribution in [-0.4, -0.2) is 27.8 Å². The molecule has 2 aromatic rings. The Labute approximate surface area is 128 Å². The predicted octanol–water partition coefficient (Wildman–Crippen LogP) is 2.23. The number of aromatic nitrogens is 2. The molecule has 0 aliphatic rings. The molecule has 0 fully saturated rings. The SMILES string of the molecule is COc1ccc(CNC(=O)[C@@H](C)Sc2nccn2C)cc1. The highest BCUT2D eigenvalue weighted by atomic mass is 32.2. The first-order chi connectivity index (χ1) is 10.1. The number of nitrogens with one attached hydrogen (secondary N) is 1. The van der Waals surface area contributed by atoms with Crippen LogP contribution in [0.2, 0.25) is 0 Å². The zero-order valence-electron chi connectivity index (χ0n) is 12.4. The summed E-state index contributed by atoms with van der Waals surface area (Å²) in [5.41, 5.74) is 1.04. The van der Waals surface area contributed by atoms with E-state index >= 15 is 0 Å². The van der Waals surface area contributed by atoms with Gasteiger partial charge >= 0.3 is 0 Å². The molecule has 6 heteroatoms. The number of carbonyl (C=O) groups is 1. The molecule has 5 nitrogen and oxygen atoms in total. The van der Waals surface area contributed by atoms with E-state index in [9.17, 15) is 4.79 Å². The lowest BCUT2D eigenvalue weighted by molar-refractivity contribution is -0.120. The number of carbonyl (C=O) groups excluding carboxylic acids is 1. The summed E-state index contributed by atoms with van der Waals surface area (Å²) in [7, 11) is 3.55. The maximum absolute atomic E-state index is 12.1. The molecule has 1 heterocycles. The van der Waals surface area contributed by atoms with E-state index in [0.717, 1.165) is 16.5 Å². The lowest BCUT2D eigenvalue weighted by Crippen LogP contribution is -2.30. The molecular weight excluding hydrogens is 286 g/mol. The van der Waals surface area contributed by atoms with E-state index in [1.807, 2.05) is 49.0 Å². The van der Waals surface area contributed by atoms with Gasteiger partial charge in [0.05, 0.1) is 12.4 Å². The van der Waals surface area contributed by atoms with Gasteiger partial charge < -0.3 is 14.6 Å². The molecule has 2 rings (SSSR count). The number of amides is 1. The minimum Gasteiger partial charge on any atom is -0.497 e. The van der Waals surface area contributed by atoms with Crippen LogP contribution in [-0.2, 0) is 18.4 Å². The largest absolute Gasteiger partial charge is 0.497 e. The van der Waals surface area contributed by atoms with Crippen molar-refractivity contribution in [3.8, 4) is 5.75 Å². The number of ether oxygens (including phenoxy) is 1. The highest BCUT2D eigenvalue weighted by molar-refractivity contribution is 8.00. The maximum atomic E-state index is 12.1. The summed E-state index contributed by atoms with van der Waals surface area (Å²) >= 11 is 1.45. The summed E-state index contributed by atoms with van der Waals surface area (Å²) in [5.74, 6) is 0.808. The van der Waals surface area contributed by atoms with Crippen molar-refractivity contribution in [1.29, 1.82) is 0 Å².